The van der Waals surface area contributed by atoms with Gasteiger partial charge < -0.3 is 0 Å². The van der Waals surface area contributed by atoms with Gasteiger partial charge in [0.25, 0.3) is 0 Å². The predicted octanol–water partition coefficient (Wildman–Crippen LogP) is 1.58. The maximum Gasteiger partial charge on any atom is 0.0951 e. The maximum atomic E-state index is 11.6. The zero-order valence-electron chi connectivity index (χ0n) is 7.87. The van der Waals surface area contributed by atoms with Crippen LogP contribution in [0.15, 0.2) is 0 Å². The Balaban J connectivity index is 1.95. The van der Waals surface area contributed by atoms with Crippen LogP contribution < -0.4 is 5.14 Å². The number of hydrogen-bond acceptors (Lipinski definition) is 1. The van der Waals surface area contributed by atoms with E-state index in [0.717, 1.165) is 37.0 Å². The molecule has 2 nitrogen and oxygen atoms in total. The van der Waals surface area contributed by atoms with Crippen LogP contribution in [0.3, 0.4) is 0 Å². The number of rotatable bonds is 1. The first-order chi connectivity index (χ1) is 6.18. The molecule has 1 atom stereocenters. The molecule has 0 heterocycles. The van der Waals surface area contributed by atoms with Crippen LogP contribution in [0.4, 0.5) is 0 Å². The molecule has 0 aromatic carbocycles. The smallest absolute Gasteiger partial charge is 0.0951 e. The van der Waals surface area contributed by atoms with Crippen molar-refractivity contribution < 1.29 is 4.21 Å². The van der Waals surface area contributed by atoms with Crippen LogP contribution in [0.1, 0.15) is 38.5 Å². The van der Waals surface area contributed by atoms with E-state index in [1.807, 2.05) is 0 Å². The van der Waals surface area contributed by atoms with Gasteiger partial charge in [0.1, 0.15) is 0 Å². The summed E-state index contributed by atoms with van der Waals surface area (Å²) in [6, 6.07) is 0. The van der Waals surface area contributed by atoms with Crippen molar-refractivity contribution in [2.24, 2.45) is 22.9 Å². The third kappa shape index (κ3) is 1.13. The van der Waals surface area contributed by atoms with Crippen molar-refractivity contribution in [3.8, 4) is 0 Å². The molecule has 0 unspecified atom stereocenters. The monoisotopic (exact) mass is 199 g/mol. The van der Waals surface area contributed by atoms with Gasteiger partial charge in [-0.3, -0.25) is 5.14 Å². The minimum atomic E-state index is -1.07. The van der Waals surface area contributed by atoms with Crippen molar-refractivity contribution in [1.29, 1.82) is 0 Å². The molecule has 3 heteroatoms. The molecule has 0 aromatic rings. The second kappa shape index (κ2) is 2.57. The van der Waals surface area contributed by atoms with Gasteiger partial charge in [0.05, 0.1) is 15.7 Å². The fraction of sp³-hybridized carbons (Fsp3) is 1.00. The minimum Gasteiger partial charge on any atom is -0.251 e. The highest BCUT2D eigenvalue weighted by Crippen LogP contribution is 2.57. The highest BCUT2D eigenvalue weighted by Gasteiger charge is 2.53. The second-order valence-corrected chi connectivity index (χ2v) is 6.86. The first-order valence-electron chi connectivity index (χ1n) is 5.34. The van der Waals surface area contributed by atoms with E-state index >= 15 is 0 Å². The molecule has 13 heavy (non-hydrogen) atoms. The number of hydrogen-bond donors (Lipinski definition) is 1. The lowest BCUT2D eigenvalue weighted by molar-refractivity contribution is 0.0361. The average Bonchev–Trinajstić information content (AvgIpc) is 2.00. The maximum absolute atomic E-state index is 11.6. The normalized spacial score (nSPS) is 55.3. The number of nitrogens with two attached hydrogens (primary N) is 1. The van der Waals surface area contributed by atoms with Gasteiger partial charge in [0.15, 0.2) is 0 Å². The van der Waals surface area contributed by atoms with E-state index in [-0.39, 0.29) is 4.75 Å². The third-order valence-corrected chi connectivity index (χ3v) is 5.76. The fourth-order valence-corrected chi connectivity index (χ4v) is 5.48. The van der Waals surface area contributed by atoms with Gasteiger partial charge in [-0.05, 0) is 56.3 Å². The quantitative estimate of drug-likeness (QED) is 0.684. The summed E-state index contributed by atoms with van der Waals surface area (Å²) in [5, 5.41) is 5.66. The Labute approximate surface area is 81.9 Å². The highest BCUT2D eigenvalue weighted by atomic mass is 32.2. The van der Waals surface area contributed by atoms with Crippen molar-refractivity contribution in [1.82, 2.24) is 0 Å². The lowest BCUT2D eigenvalue weighted by Crippen LogP contribution is -2.54. The van der Waals surface area contributed by atoms with Gasteiger partial charge in [-0.2, -0.15) is 0 Å². The molecule has 4 rings (SSSR count). The lowest BCUT2D eigenvalue weighted by Gasteiger charge is -2.55. The molecule has 4 fully saturated rings. The van der Waals surface area contributed by atoms with Gasteiger partial charge in [0.2, 0.25) is 0 Å². The van der Waals surface area contributed by atoms with Crippen LogP contribution in [0, 0.1) is 17.8 Å². The van der Waals surface area contributed by atoms with E-state index in [1.54, 1.807) is 0 Å². The highest BCUT2D eigenvalue weighted by molar-refractivity contribution is 7.84. The van der Waals surface area contributed by atoms with E-state index in [4.69, 9.17) is 5.14 Å². The van der Waals surface area contributed by atoms with Crippen LogP contribution in [0.2, 0.25) is 0 Å². The third-order valence-electron chi connectivity index (χ3n) is 4.41. The van der Waals surface area contributed by atoms with Gasteiger partial charge in [-0.25, -0.2) is 4.21 Å². The van der Waals surface area contributed by atoms with Crippen LogP contribution >= 0.6 is 0 Å². The average molecular weight is 199 g/mol. The summed E-state index contributed by atoms with van der Waals surface area (Å²) >= 11 is 0. The Morgan fingerprint density at radius 1 is 1.00 bits per heavy atom. The Morgan fingerprint density at radius 2 is 1.38 bits per heavy atom. The van der Waals surface area contributed by atoms with Crippen LogP contribution in [-0.2, 0) is 11.0 Å². The SMILES string of the molecule is N[S@](=O)C12CC3CC(CC(C3)C1)C2. The molecule has 0 radical (unpaired) electrons. The fourth-order valence-electron chi connectivity index (χ4n) is 4.28. The summed E-state index contributed by atoms with van der Waals surface area (Å²) in [6.45, 7) is 0. The van der Waals surface area contributed by atoms with Crippen molar-refractivity contribution in [2.75, 3.05) is 0 Å². The Hall–Kier alpha value is 0.110. The minimum absolute atomic E-state index is 0.0503. The largest absolute Gasteiger partial charge is 0.251 e. The standard InChI is InChI=1S/C10H17NOS/c11-13(12)10-4-7-1-8(5-10)3-9(2-7)6-10/h7-9H,1-6,11H2/t7?,8?,9?,10?,13-/m1/s1. The lowest BCUT2D eigenvalue weighted by atomic mass is 9.56. The Morgan fingerprint density at radius 3 is 1.69 bits per heavy atom. The molecule has 2 N–H and O–H groups in total. The first kappa shape index (κ1) is 8.42. The Bertz CT molecular complexity index is 228. The first-order valence-corrected chi connectivity index (χ1v) is 6.55. The molecule has 0 aromatic heterocycles. The summed E-state index contributed by atoms with van der Waals surface area (Å²) in [7, 11) is -1.07. The summed E-state index contributed by atoms with van der Waals surface area (Å²) in [5.74, 6) is 2.58. The topological polar surface area (TPSA) is 43.1 Å². The van der Waals surface area contributed by atoms with Crippen molar-refractivity contribution in [2.45, 2.75) is 43.3 Å². The molecule has 4 aliphatic carbocycles. The Kier molecular flexibility index (Phi) is 1.67. The molecule has 4 bridgehead atoms. The molecular weight excluding hydrogens is 182 g/mol. The molecular formula is C10H17NOS. The van der Waals surface area contributed by atoms with Crippen LogP contribution in [-0.4, -0.2) is 8.96 Å². The van der Waals surface area contributed by atoms with Gasteiger partial charge in [0, 0.05) is 0 Å². The molecule has 74 valence electrons. The van der Waals surface area contributed by atoms with Gasteiger partial charge in [-0.15, -0.1) is 0 Å². The van der Waals surface area contributed by atoms with Crippen LogP contribution in [0.25, 0.3) is 0 Å². The van der Waals surface area contributed by atoms with E-state index in [2.05, 4.69) is 0 Å². The molecule has 4 saturated carbocycles. The van der Waals surface area contributed by atoms with Crippen molar-refractivity contribution >= 4 is 11.0 Å². The molecule has 0 amide bonds. The van der Waals surface area contributed by atoms with Gasteiger partial charge in [-0.1, -0.05) is 0 Å². The van der Waals surface area contributed by atoms with Gasteiger partial charge >= 0.3 is 0 Å². The summed E-state index contributed by atoms with van der Waals surface area (Å²) in [6.07, 6.45) is 7.66. The molecule has 0 saturated heterocycles. The van der Waals surface area contributed by atoms with Crippen molar-refractivity contribution in [3.05, 3.63) is 0 Å². The van der Waals surface area contributed by atoms with Crippen molar-refractivity contribution in [3.63, 3.8) is 0 Å². The summed E-state index contributed by atoms with van der Waals surface area (Å²) in [4.78, 5) is 0. The summed E-state index contributed by atoms with van der Waals surface area (Å²) < 4.78 is 11.6. The summed E-state index contributed by atoms with van der Waals surface area (Å²) in [5.41, 5.74) is 0. The molecule has 0 aliphatic heterocycles. The van der Waals surface area contributed by atoms with E-state index < -0.39 is 11.0 Å². The zero-order chi connectivity index (χ0) is 9.05. The second-order valence-electron chi connectivity index (χ2n) is 5.40. The molecule has 0 spiro atoms. The molecule has 4 aliphatic rings. The zero-order valence-corrected chi connectivity index (χ0v) is 8.69. The van der Waals surface area contributed by atoms with Crippen LogP contribution in [0.5, 0.6) is 0 Å². The van der Waals surface area contributed by atoms with E-state index in [0.29, 0.717) is 0 Å². The van der Waals surface area contributed by atoms with E-state index in [1.165, 1.54) is 19.3 Å². The predicted molar refractivity (Wildman–Crippen MR) is 53.2 cm³/mol. The van der Waals surface area contributed by atoms with E-state index in [9.17, 15) is 4.21 Å².